The maximum Gasteiger partial charge on any atom is 0.338 e. The number of hydrazone groups is 1. The number of carbonyl (C=O) groups excluding carboxylic acids is 2. The molecule has 2 heterocycles. The van der Waals surface area contributed by atoms with Crippen molar-refractivity contribution in [3.8, 4) is 23.0 Å². The molecule has 0 radical (unpaired) electrons. The fraction of sp³-hybridized carbons (Fsp3) is 0.226. The number of amides is 1. The summed E-state index contributed by atoms with van der Waals surface area (Å²) in [6.45, 7) is 3.92. The summed E-state index contributed by atoms with van der Waals surface area (Å²) in [4.78, 5) is 25.4. The van der Waals surface area contributed by atoms with Gasteiger partial charge < -0.3 is 34.3 Å². The molecule has 1 amide bonds. The number of ether oxygens (including phenoxy) is 5. The lowest BCUT2D eigenvalue weighted by Gasteiger charge is -2.30. The number of hydrogen-bond donors (Lipinski definition) is 3. The highest BCUT2D eigenvalue weighted by molar-refractivity contribution is 9.11. The first-order valence-electron chi connectivity index (χ1n) is 13.7. The molecule has 0 unspecified atom stereocenters. The van der Waals surface area contributed by atoms with Gasteiger partial charge in [0.05, 0.1) is 33.4 Å². The van der Waals surface area contributed by atoms with Crippen LogP contribution in [0.1, 0.15) is 36.6 Å². The molecule has 3 aromatic carbocycles. The van der Waals surface area contributed by atoms with E-state index in [9.17, 15) is 9.59 Å². The fourth-order valence-corrected chi connectivity index (χ4v) is 6.31. The molecule has 11 nitrogen and oxygen atoms in total. The van der Waals surface area contributed by atoms with Crippen molar-refractivity contribution in [1.29, 1.82) is 0 Å². The molecule has 3 aromatic rings. The fourth-order valence-electron chi connectivity index (χ4n) is 4.59. The zero-order valence-electron chi connectivity index (χ0n) is 24.1. The number of carbonyl (C=O) groups is 2. The molecule has 0 saturated carbocycles. The first-order chi connectivity index (χ1) is 21.7. The molecule has 2 aliphatic rings. The Balaban J connectivity index is 1.18. The topological polar surface area (TPSA) is 129 Å². The number of halogens is 2. The number of benzene rings is 3. The van der Waals surface area contributed by atoms with Gasteiger partial charge in [0, 0.05) is 11.3 Å². The van der Waals surface area contributed by atoms with Gasteiger partial charge in [0.2, 0.25) is 6.79 Å². The lowest BCUT2D eigenvalue weighted by atomic mass is 9.95. The van der Waals surface area contributed by atoms with E-state index >= 15 is 0 Å². The number of thiocarbonyl (C=S) groups is 1. The van der Waals surface area contributed by atoms with Gasteiger partial charge in [0.15, 0.2) is 23.2 Å². The molecule has 5 rings (SSSR count). The van der Waals surface area contributed by atoms with Gasteiger partial charge in [-0.1, -0.05) is 24.3 Å². The molecule has 2 aliphatic heterocycles. The molecule has 45 heavy (non-hydrogen) atoms. The second kappa shape index (κ2) is 14.8. The van der Waals surface area contributed by atoms with Crippen molar-refractivity contribution in [2.45, 2.75) is 26.5 Å². The van der Waals surface area contributed by atoms with Gasteiger partial charge in [-0.2, -0.15) is 5.10 Å². The summed E-state index contributed by atoms with van der Waals surface area (Å²) in [5, 5.41) is 10.5. The Morgan fingerprint density at radius 3 is 2.62 bits per heavy atom. The average Bonchev–Trinajstić information content (AvgIpc) is 3.47. The molecular formula is C31H28Br2N4O7S. The highest BCUT2D eigenvalue weighted by Crippen LogP contribution is 2.37. The van der Waals surface area contributed by atoms with E-state index in [0.717, 1.165) is 5.56 Å². The van der Waals surface area contributed by atoms with E-state index in [-0.39, 0.29) is 20.0 Å². The third-order valence-corrected chi connectivity index (χ3v) is 7.99. The van der Waals surface area contributed by atoms with Gasteiger partial charge in [0.1, 0.15) is 18.1 Å². The van der Waals surface area contributed by atoms with Crippen molar-refractivity contribution in [3.63, 3.8) is 0 Å². The predicted octanol–water partition coefficient (Wildman–Crippen LogP) is 5.40. The Morgan fingerprint density at radius 1 is 1.09 bits per heavy atom. The van der Waals surface area contributed by atoms with Gasteiger partial charge >= 0.3 is 5.97 Å². The largest absolute Gasteiger partial charge is 0.487 e. The van der Waals surface area contributed by atoms with Crippen LogP contribution < -0.4 is 35.0 Å². The van der Waals surface area contributed by atoms with Gasteiger partial charge in [-0.15, -0.1) is 0 Å². The van der Waals surface area contributed by atoms with Gasteiger partial charge in [-0.25, -0.2) is 10.2 Å². The minimum atomic E-state index is -0.629. The molecule has 1 atom stereocenters. The Morgan fingerprint density at radius 2 is 1.84 bits per heavy atom. The number of nitrogens with one attached hydrogen (secondary N) is 3. The lowest BCUT2D eigenvalue weighted by molar-refractivity contribution is -0.139. The molecule has 0 fully saturated rings. The second-order valence-electron chi connectivity index (χ2n) is 9.70. The van der Waals surface area contributed by atoms with Gasteiger partial charge in [-0.3, -0.25) is 4.79 Å². The van der Waals surface area contributed by atoms with Crippen molar-refractivity contribution >= 4 is 67.3 Å². The second-order valence-corrected chi connectivity index (χ2v) is 11.8. The van der Waals surface area contributed by atoms with E-state index in [4.69, 9.17) is 35.9 Å². The van der Waals surface area contributed by atoms with Crippen molar-refractivity contribution in [2.24, 2.45) is 5.10 Å². The van der Waals surface area contributed by atoms with Crippen LogP contribution >= 0.6 is 44.1 Å². The number of hydrogen-bond acceptors (Lipinski definition) is 9. The Labute approximate surface area is 281 Å². The van der Waals surface area contributed by atoms with Crippen LogP contribution in [0.15, 0.2) is 79.9 Å². The molecule has 234 valence electrons. The molecule has 0 spiro atoms. The van der Waals surface area contributed by atoms with E-state index in [1.54, 1.807) is 38.1 Å². The van der Waals surface area contributed by atoms with E-state index in [0.29, 0.717) is 66.1 Å². The van der Waals surface area contributed by atoms with Crippen LogP contribution in [0, 0.1) is 0 Å². The quantitative estimate of drug-likeness (QED) is 0.101. The standard InChI is InChI=1S/C31H28Br2N4O7S/c1-3-40-30(39)27-17(2)35-31(45)36-28(27)20-6-4-5-7-23(20)41-15-26(38)37-34-13-19-10-21(32)29(22(33)11-19)42-14-18-8-9-24-25(12-18)44-16-43-24/h4-13,28H,3,14-16H2,1-2H3,(H,37,38)(H2,35,36,45)/t28-/m1/s1. The summed E-state index contributed by atoms with van der Waals surface area (Å²) in [7, 11) is 0. The molecule has 0 bridgehead atoms. The molecule has 0 aliphatic carbocycles. The number of para-hydroxylation sites is 1. The zero-order valence-corrected chi connectivity index (χ0v) is 28.1. The first kappa shape index (κ1) is 32.3. The van der Waals surface area contributed by atoms with Crippen LogP contribution in [-0.2, 0) is 20.9 Å². The van der Waals surface area contributed by atoms with E-state index < -0.39 is 17.9 Å². The van der Waals surface area contributed by atoms with Gasteiger partial charge in [0.25, 0.3) is 5.91 Å². The van der Waals surface area contributed by atoms with E-state index in [1.165, 1.54) is 6.21 Å². The summed E-state index contributed by atoms with van der Waals surface area (Å²) in [5.41, 5.74) is 5.67. The average molecular weight is 760 g/mol. The lowest BCUT2D eigenvalue weighted by Crippen LogP contribution is -2.45. The molecule has 14 heteroatoms. The first-order valence-corrected chi connectivity index (χ1v) is 15.7. The molecular weight excluding hydrogens is 732 g/mol. The number of fused-ring (bicyclic) bond motifs is 1. The Kier molecular flexibility index (Phi) is 10.6. The normalized spacial score (nSPS) is 15.4. The number of esters is 1. The van der Waals surface area contributed by atoms with E-state index in [2.05, 4.69) is 53.0 Å². The highest BCUT2D eigenvalue weighted by atomic mass is 79.9. The molecule has 0 saturated heterocycles. The summed E-state index contributed by atoms with van der Waals surface area (Å²) < 4.78 is 29.3. The Bertz CT molecular complexity index is 1680. The van der Waals surface area contributed by atoms with Crippen LogP contribution in [0.5, 0.6) is 23.0 Å². The monoisotopic (exact) mass is 758 g/mol. The van der Waals surface area contributed by atoms with Crippen molar-refractivity contribution in [1.82, 2.24) is 16.1 Å². The van der Waals surface area contributed by atoms with Crippen molar-refractivity contribution in [3.05, 3.63) is 91.5 Å². The highest BCUT2D eigenvalue weighted by Gasteiger charge is 2.32. The molecule has 0 aromatic heterocycles. The van der Waals surface area contributed by atoms with E-state index in [1.807, 2.05) is 30.3 Å². The van der Waals surface area contributed by atoms with Crippen LogP contribution in [0.3, 0.4) is 0 Å². The minimum absolute atomic E-state index is 0.212. The SMILES string of the molecule is CCOC(=O)C1=C(C)NC(=S)N[C@@H]1c1ccccc1OCC(=O)NN=Cc1cc(Br)c(OCc2ccc3c(c2)OCO3)c(Br)c1. The maximum absolute atomic E-state index is 12.8. The van der Waals surface area contributed by atoms with Crippen molar-refractivity contribution < 1.29 is 33.3 Å². The third kappa shape index (κ3) is 7.93. The zero-order chi connectivity index (χ0) is 31.9. The summed E-state index contributed by atoms with van der Waals surface area (Å²) in [6, 6.07) is 15.7. The maximum atomic E-state index is 12.8. The minimum Gasteiger partial charge on any atom is -0.487 e. The summed E-state index contributed by atoms with van der Waals surface area (Å²) >= 11 is 12.4. The smallest absolute Gasteiger partial charge is 0.338 e. The van der Waals surface area contributed by atoms with Crippen molar-refractivity contribution in [2.75, 3.05) is 20.0 Å². The Hall–Kier alpha value is -4.14. The van der Waals surface area contributed by atoms with Gasteiger partial charge in [-0.05, 0) is 99.4 Å². The molecule has 3 N–H and O–H groups in total. The van der Waals surface area contributed by atoms with Crippen LogP contribution in [0.2, 0.25) is 0 Å². The number of rotatable bonds is 11. The van der Waals surface area contributed by atoms with Crippen LogP contribution in [-0.4, -0.2) is 43.2 Å². The van der Waals surface area contributed by atoms with Crippen LogP contribution in [0.25, 0.3) is 0 Å². The summed E-state index contributed by atoms with van der Waals surface area (Å²) in [5.74, 6) is 1.46. The summed E-state index contributed by atoms with van der Waals surface area (Å²) in [6.07, 6.45) is 1.50. The number of allylic oxidation sites excluding steroid dienone is 1. The third-order valence-electron chi connectivity index (χ3n) is 6.60. The predicted molar refractivity (Wildman–Crippen MR) is 177 cm³/mol. The number of nitrogens with zero attached hydrogens (tertiary/aromatic N) is 1. The van der Waals surface area contributed by atoms with Crippen LogP contribution in [0.4, 0.5) is 0 Å².